The normalized spacial score (nSPS) is 21.9. The van der Waals surface area contributed by atoms with Crippen LogP contribution in [0.3, 0.4) is 0 Å². The van der Waals surface area contributed by atoms with E-state index in [0.29, 0.717) is 12.6 Å². The van der Waals surface area contributed by atoms with Crippen LogP contribution >= 0.6 is 0 Å². The van der Waals surface area contributed by atoms with Crippen molar-refractivity contribution >= 4 is 9.84 Å². The summed E-state index contributed by atoms with van der Waals surface area (Å²) in [4.78, 5) is 0.191. The molecule has 1 aromatic carbocycles. The van der Waals surface area contributed by atoms with Crippen molar-refractivity contribution in [3.8, 4) is 0 Å². The van der Waals surface area contributed by atoms with Crippen molar-refractivity contribution in [2.45, 2.75) is 43.0 Å². The van der Waals surface area contributed by atoms with Crippen LogP contribution in [0.1, 0.15) is 32.1 Å². The van der Waals surface area contributed by atoms with E-state index in [9.17, 15) is 12.8 Å². The Morgan fingerprint density at radius 3 is 2.33 bits per heavy atom. The number of rotatable bonds is 5. The van der Waals surface area contributed by atoms with Gasteiger partial charge in [0, 0.05) is 12.6 Å². The van der Waals surface area contributed by atoms with E-state index in [0.717, 1.165) is 12.8 Å². The quantitative estimate of drug-likeness (QED) is 0.672. The third-order valence-corrected chi connectivity index (χ3v) is 6.15. The van der Waals surface area contributed by atoms with Gasteiger partial charge in [0.1, 0.15) is 5.82 Å². The fourth-order valence-corrected chi connectivity index (χ4v) is 4.01. The summed E-state index contributed by atoms with van der Waals surface area (Å²) >= 11 is 0. The summed E-state index contributed by atoms with van der Waals surface area (Å²) in [7, 11) is -3.32. The molecule has 0 atom stereocenters. The highest BCUT2D eigenvalue weighted by molar-refractivity contribution is 7.91. The Balaban J connectivity index is 1.46. The average molecular weight is 309 g/mol. The van der Waals surface area contributed by atoms with E-state index in [4.69, 9.17) is 0 Å². The predicted molar refractivity (Wildman–Crippen MR) is 80.4 cm³/mol. The first-order valence-electron chi connectivity index (χ1n) is 7.46. The summed E-state index contributed by atoms with van der Waals surface area (Å²) < 4.78 is 37.0. The molecule has 2 saturated carbocycles. The zero-order chi connectivity index (χ0) is 14.9. The molecule has 1 N–H and O–H groups in total. The van der Waals surface area contributed by atoms with Gasteiger partial charge in [-0.3, -0.25) is 0 Å². The molecule has 0 spiro atoms. The second-order valence-corrected chi connectivity index (χ2v) is 8.00. The lowest BCUT2D eigenvalue weighted by molar-refractivity contribution is 0.421. The molecule has 5 heteroatoms. The molecule has 0 aliphatic heterocycles. The Kier molecular flexibility index (Phi) is 4.13. The largest absolute Gasteiger partial charge is 0.312 e. The van der Waals surface area contributed by atoms with E-state index in [-0.39, 0.29) is 10.6 Å². The minimum atomic E-state index is -3.32. The fraction of sp³-hybridized carbons (Fsp3) is 0.500. The number of hydrogen-bond donors (Lipinski definition) is 1. The molecule has 0 bridgehead atoms. The maximum atomic E-state index is 12.8. The smallest absolute Gasteiger partial charge is 0.179 e. The van der Waals surface area contributed by atoms with Crippen molar-refractivity contribution in [2.75, 3.05) is 12.3 Å². The molecule has 0 saturated heterocycles. The molecule has 2 fully saturated rings. The number of nitrogens with one attached hydrogen (secondary N) is 1. The molecule has 1 aromatic rings. The van der Waals surface area contributed by atoms with Gasteiger partial charge in [-0.1, -0.05) is 11.1 Å². The van der Waals surface area contributed by atoms with Crippen LogP contribution in [0.2, 0.25) is 0 Å². The Morgan fingerprint density at radius 2 is 1.76 bits per heavy atom. The molecule has 3 nitrogen and oxygen atoms in total. The van der Waals surface area contributed by atoms with E-state index in [1.165, 1.54) is 43.5 Å². The second-order valence-electron chi connectivity index (χ2n) is 5.89. The van der Waals surface area contributed by atoms with E-state index >= 15 is 0 Å². The zero-order valence-electron chi connectivity index (χ0n) is 11.9. The van der Waals surface area contributed by atoms with Crippen LogP contribution in [-0.4, -0.2) is 26.8 Å². The van der Waals surface area contributed by atoms with Crippen LogP contribution in [0.15, 0.2) is 40.3 Å². The molecule has 0 heterocycles. The van der Waals surface area contributed by atoms with Crippen LogP contribution in [0.4, 0.5) is 4.39 Å². The lowest BCUT2D eigenvalue weighted by Crippen LogP contribution is -2.40. The molecule has 114 valence electrons. The summed E-state index contributed by atoms with van der Waals surface area (Å²) in [5.74, 6) is -0.362. The Morgan fingerprint density at radius 1 is 1.10 bits per heavy atom. The summed E-state index contributed by atoms with van der Waals surface area (Å²) in [5.41, 5.74) is 3.21. The van der Waals surface area contributed by atoms with Crippen molar-refractivity contribution in [2.24, 2.45) is 0 Å². The van der Waals surface area contributed by atoms with Crippen LogP contribution in [-0.2, 0) is 9.84 Å². The number of halogens is 1. The summed E-state index contributed by atoms with van der Waals surface area (Å²) in [6.45, 7) is 0.451. The number of benzene rings is 1. The standard InChI is InChI=1S/C16H20FNO2S/c17-14-4-6-16(7-5-14)21(19,20)9-8-18-15-10-13(11-15)12-2-1-3-12/h4-7,15,18H,1-3,8-11H2. The number of hydrogen-bond acceptors (Lipinski definition) is 3. The molecule has 21 heavy (non-hydrogen) atoms. The Hall–Kier alpha value is -1.20. The monoisotopic (exact) mass is 309 g/mol. The maximum absolute atomic E-state index is 12.8. The van der Waals surface area contributed by atoms with Gasteiger partial charge >= 0.3 is 0 Å². The molecule has 0 radical (unpaired) electrons. The molecule has 0 unspecified atom stereocenters. The molecule has 2 aliphatic carbocycles. The molecule has 0 aromatic heterocycles. The van der Waals surface area contributed by atoms with E-state index < -0.39 is 15.7 Å². The Labute approximate surface area is 125 Å². The summed E-state index contributed by atoms with van der Waals surface area (Å²) in [6, 6.07) is 5.45. The molecular weight excluding hydrogens is 289 g/mol. The van der Waals surface area contributed by atoms with Gasteiger partial charge in [0.2, 0.25) is 0 Å². The summed E-state index contributed by atoms with van der Waals surface area (Å²) in [5, 5.41) is 3.30. The predicted octanol–water partition coefficient (Wildman–Crippen LogP) is 2.83. The lowest BCUT2D eigenvalue weighted by atomic mass is 9.76. The molecular formula is C16H20FNO2S. The third-order valence-electron chi connectivity index (χ3n) is 4.42. The zero-order valence-corrected chi connectivity index (χ0v) is 12.8. The van der Waals surface area contributed by atoms with E-state index in [1.807, 2.05) is 0 Å². The van der Waals surface area contributed by atoms with Gasteiger partial charge in [-0.2, -0.15) is 0 Å². The number of allylic oxidation sites excluding steroid dienone is 1. The first-order chi connectivity index (χ1) is 10.0. The van der Waals surface area contributed by atoms with Crippen LogP contribution < -0.4 is 5.32 Å². The molecule has 0 amide bonds. The van der Waals surface area contributed by atoms with Crippen molar-refractivity contribution in [3.63, 3.8) is 0 Å². The van der Waals surface area contributed by atoms with Crippen LogP contribution in [0, 0.1) is 5.82 Å². The second kappa shape index (κ2) is 5.89. The third kappa shape index (κ3) is 3.35. The highest BCUT2D eigenvalue weighted by Crippen LogP contribution is 2.38. The van der Waals surface area contributed by atoms with Gasteiger partial charge in [-0.25, -0.2) is 12.8 Å². The van der Waals surface area contributed by atoms with Crippen molar-refractivity contribution < 1.29 is 12.8 Å². The van der Waals surface area contributed by atoms with Crippen LogP contribution in [0.5, 0.6) is 0 Å². The first kappa shape index (κ1) is 14.7. The van der Waals surface area contributed by atoms with Crippen molar-refractivity contribution in [1.82, 2.24) is 5.32 Å². The Bertz CT molecular complexity index is 635. The SMILES string of the molecule is O=S(=O)(CCNC1CC(=C2CCC2)C1)c1ccc(F)cc1. The highest BCUT2D eigenvalue weighted by Gasteiger charge is 2.27. The topological polar surface area (TPSA) is 46.2 Å². The highest BCUT2D eigenvalue weighted by atomic mass is 32.2. The molecule has 2 aliphatic rings. The summed E-state index contributed by atoms with van der Waals surface area (Å²) in [6.07, 6.45) is 6.01. The van der Waals surface area contributed by atoms with E-state index in [1.54, 1.807) is 11.1 Å². The van der Waals surface area contributed by atoms with Gasteiger partial charge < -0.3 is 5.32 Å². The minimum Gasteiger partial charge on any atom is -0.312 e. The molecule has 3 rings (SSSR count). The average Bonchev–Trinajstić information content (AvgIpc) is 2.33. The number of sulfone groups is 1. The lowest BCUT2D eigenvalue weighted by Gasteiger charge is -2.35. The van der Waals surface area contributed by atoms with Gasteiger partial charge in [0.15, 0.2) is 9.84 Å². The van der Waals surface area contributed by atoms with Gasteiger partial charge in [0.05, 0.1) is 10.6 Å². The minimum absolute atomic E-state index is 0.0566. The van der Waals surface area contributed by atoms with E-state index in [2.05, 4.69) is 5.32 Å². The van der Waals surface area contributed by atoms with Crippen LogP contribution in [0.25, 0.3) is 0 Å². The maximum Gasteiger partial charge on any atom is 0.179 e. The fourth-order valence-electron chi connectivity index (χ4n) is 2.83. The first-order valence-corrected chi connectivity index (χ1v) is 9.11. The van der Waals surface area contributed by atoms with Crippen molar-refractivity contribution in [1.29, 1.82) is 0 Å². The van der Waals surface area contributed by atoms with Gasteiger partial charge in [0.25, 0.3) is 0 Å². The van der Waals surface area contributed by atoms with Gasteiger partial charge in [-0.05, 0) is 56.4 Å². The van der Waals surface area contributed by atoms with Gasteiger partial charge in [-0.15, -0.1) is 0 Å². The van der Waals surface area contributed by atoms with Crippen molar-refractivity contribution in [3.05, 3.63) is 41.2 Å².